The zero-order valence-corrected chi connectivity index (χ0v) is 14.9. The first-order valence-electron chi connectivity index (χ1n) is 8.42. The summed E-state index contributed by atoms with van der Waals surface area (Å²) in [5.74, 6) is -1.51. The average Bonchev–Trinajstić information content (AvgIpc) is 3.37. The molecule has 142 valence electrons. The van der Waals surface area contributed by atoms with Gasteiger partial charge in [-0.25, -0.2) is 12.8 Å². The highest BCUT2D eigenvalue weighted by molar-refractivity contribution is 7.89. The lowest BCUT2D eigenvalue weighted by Crippen LogP contribution is -2.54. The standard InChI is InChI=1S/C16H21FN4O4S/c17-12-3-5-13(6-4-12)26(24,25)21-10-9-20(16(23)11-1-2-11)15(21)14(22)19-8-7-18/h3-6,11,15H,1-2,7-10,18H2,(H,19,22). The normalized spacial score (nSPS) is 21.0. The number of nitrogens with zero attached hydrogens (tertiary/aromatic N) is 2. The van der Waals surface area contributed by atoms with Crippen LogP contribution in [0.15, 0.2) is 29.2 Å². The highest BCUT2D eigenvalue weighted by Crippen LogP contribution is 2.34. The van der Waals surface area contributed by atoms with Crippen LogP contribution >= 0.6 is 0 Å². The molecule has 1 aliphatic carbocycles. The van der Waals surface area contributed by atoms with Crippen molar-refractivity contribution < 1.29 is 22.4 Å². The van der Waals surface area contributed by atoms with Gasteiger partial charge in [0.1, 0.15) is 5.82 Å². The van der Waals surface area contributed by atoms with Crippen LogP contribution in [-0.4, -0.2) is 61.8 Å². The lowest BCUT2D eigenvalue weighted by atomic mass is 10.3. The summed E-state index contributed by atoms with van der Waals surface area (Å²) in [6, 6.07) is 4.37. The molecule has 1 aliphatic heterocycles. The summed E-state index contributed by atoms with van der Waals surface area (Å²) < 4.78 is 40.0. The Kier molecular flexibility index (Phi) is 5.26. The van der Waals surface area contributed by atoms with Crippen molar-refractivity contribution in [2.24, 2.45) is 11.7 Å². The first-order chi connectivity index (χ1) is 12.4. The number of hydrogen-bond donors (Lipinski definition) is 2. The summed E-state index contributed by atoms with van der Waals surface area (Å²) in [5, 5.41) is 2.56. The Balaban J connectivity index is 1.91. The fraction of sp³-hybridized carbons (Fsp3) is 0.500. The van der Waals surface area contributed by atoms with Crippen molar-refractivity contribution in [2.45, 2.75) is 23.9 Å². The summed E-state index contributed by atoms with van der Waals surface area (Å²) in [6.07, 6.45) is 0.235. The highest BCUT2D eigenvalue weighted by atomic mass is 32.2. The molecule has 1 saturated carbocycles. The number of carbonyl (C=O) groups is 2. The Morgan fingerprint density at radius 2 is 1.85 bits per heavy atom. The fourth-order valence-corrected chi connectivity index (χ4v) is 4.50. The summed E-state index contributed by atoms with van der Waals surface area (Å²) in [7, 11) is -4.07. The average molecular weight is 384 g/mol. The van der Waals surface area contributed by atoms with Gasteiger partial charge in [-0.15, -0.1) is 0 Å². The van der Waals surface area contributed by atoms with Crippen molar-refractivity contribution in [1.29, 1.82) is 0 Å². The van der Waals surface area contributed by atoms with Crippen LogP contribution in [0, 0.1) is 11.7 Å². The van der Waals surface area contributed by atoms with E-state index in [1.807, 2.05) is 0 Å². The third kappa shape index (κ3) is 3.57. The van der Waals surface area contributed by atoms with Gasteiger partial charge < -0.3 is 16.0 Å². The maximum atomic E-state index is 13.1. The van der Waals surface area contributed by atoms with Gasteiger partial charge in [0.25, 0.3) is 5.91 Å². The van der Waals surface area contributed by atoms with Gasteiger partial charge >= 0.3 is 0 Å². The first kappa shape index (κ1) is 18.7. The van der Waals surface area contributed by atoms with E-state index in [-0.39, 0.29) is 42.9 Å². The first-order valence-corrected chi connectivity index (χ1v) is 9.86. The molecule has 3 rings (SSSR count). The van der Waals surface area contributed by atoms with Crippen LogP contribution < -0.4 is 11.1 Å². The van der Waals surface area contributed by atoms with Gasteiger partial charge in [0.05, 0.1) is 4.90 Å². The number of nitrogens with one attached hydrogen (secondary N) is 1. The SMILES string of the molecule is NCCNC(=O)C1N(C(=O)C2CC2)CCN1S(=O)(=O)c1ccc(F)cc1. The van der Waals surface area contributed by atoms with E-state index in [2.05, 4.69) is 5.32 Å². The van der Waals surface area contributed by atoms with Gasteiger partial charge in [-0.1, -0.05) is 0 Å². The number of rotatable bonds is 6. The number of amides is 2. The third-order valence-electron chi connectivity index (χ3n) is 4.44. The minimum atomic E-state index is -4.07. The number of carbonyl (C=O) groups excluding carboxylic acids is 2. The molecule has 10 heteroatoms. The zero-order valence-electron chi connectivity index (χ0n) is 14.1. The monoisotopic (exact) mass is 384 g/mol. The Morgan fingerprint density at radius 3 is 2.42 bits per heavy atom. The van der Waals surface area contributed by atoms with Crippen LogP contribution in [0.1, 0.15) is 12.8 Å². The molecule has 1 heterocycles. The molecule has 2 fully saturated rings. The number of halogens is 1. The Bertz CT molecular complexity index is 795. The summed E-state index contributed by atoms with van der Waals surface area (Å²) >= 11 is 0. The van der Waals surface area contributed by atoms with Crippen molar-refractivity contribution in [3.63, 3.8) is 0 Å². The molecular weight excluding hydrogens is 363 g/mol. The second-order valence-corrected chi connectivity index (χ2v) is 8.22. The molecule has 1 aromatic carbocycles. The van der Waals surface area contributed by atoms with Crippen molar-refractivity contribution in [3.05, 3.63) is 30.1 Å². The van der Waals surface area contributed by atoms with Crippen LogP contribution in [0.5, 0.6) is 0 Å². The lowest BCUT2D eigenvalue weighted by molar-refractivity contribution is -0.141. The number of nitrogens with two attached hydrogens (primary N) is 1. The molecule has 0 radical (unpaired) electrons. The molecule has 0 spiro atoms. The molecule has 8 nitrogen and oxygen atoms in total. The van der Waals surface area contributed by atoms with Gasteiger partial charge in [0, 0.05) is 32.1 Å². The van der Waals surface area contributed by atoms with Crippen molar-refractivity contribution in [2.75, 3.05) is 26.2 Å². The second kappa shape index (κ2) is 7.29. The molecule has 1 aromatic rings. The maximum Gasteiger partial charge on any atom is 0.259 e. The van der Waals surface area contributed by atoms with Crippen molar-refractivity contribution >= 4 is 21.8 Å². The third-order valence-corrected chi connectivity index (χ3v) is 6.30. The summed E-state index contributed by atoms with van der Waals surface area (Å²) in [6.45, 7) is 0.500. The molecule has 1 atom stereocenters. The van der Waals surface area contributed by atoms with Crippen molar-refractivity contribution in [1.82, 2.24) is 14.5 Å². The number of benzene rings is 1. The van der Waals surface area contributed by atoms with Crippen LogP contribution in [0.3, 0.4) is 0 Å². The van der Waals surface area contributed by atoms with Gasteiger partial charge in [0.15, 0.2) is 6.17 Å². The minimum Gasteiger partial charge on any atom is -0.352 e. The van der Waals surface area contributed by atoms with Crippen LogP contribution in [0.4, 0.5) is 4.39 Å². The van der Waals surface area contributed by atoms with E-state index < -0.39 is 27.9 Å². The van der Waals surface area contributed by atoms with E-state index in [0.717, 1.165) is 41.4 Å². The van der Waals surface area contributed by atoms with Gasteiger partial charge in [-0.3, -0.25) is 9.59 Å². The van der Waals surface area contributed by atoms with Gasteiger partial charge in [-0.2, -0.15) is 4.31 Å². The van der Waals surface area contributed by atoms with E-state index in [1.54, 1.807) is 0 Å². The number of hydrogen-bond acceptors (Lipinski definition) is 5. The fourth-order valence-electron chi connectivity index (χ4n) is 2.95. The summed E-state index contributed by atoms with van der Waals surface area (Å²) in [4.78, 5) is 26.3. The molecular formula is C16H21FN4O4S. The highest BCUT2D eigenvalue weighted by Gasteiger charge is 2.48. The Hall–Kier alpha value is -2.04. The molecule has 0 aromatic heterocycles. The van der Waals surface area contributed by atoms with E-state index in [4.69, 9.17) is 5.73 Å². The van der Waals surface area contributed by atoms with Gasteiger partial charge in [-0.05, 0) is 37.1 Å². The zero-order chi connectivity index (χ0) is 18.9. The van der Waals surface area contributed by atoms with Crippen LogP contribution in [-0.2, 0) is 19.6 Å². The van der Waals surface area contributed by atoms with Gasteiger partial charge in [0.2, 0.25) is 15.9 Å². The molecule has 1 saturated heterocycles. The van der Waals surface area contributed by atoms with E-state index in [0.29, 0.717) is 0 Å². The largest absolute Gasteiger partial charge is 0.352 e. The molecule has 1 unspecified atom stereocenters. The molecule has 3 N–H and O–H groups in total. The topological polar surface area (TPSA) is 113 Å². The van der Waals surface area contributed by atoms with Crippen molar-refractivity contribution in [3.8, 4) is 0 Å². The van der Waals surface area contributed by atoms with Crippen LogP contribution in [0.25, 0.3) is 0 Å². The predicted octanol–water partition coefficient (Wildman–Crippen LogP) is -0.530. The van der Waals surface area contributed by atoms with E-state index in [1.165, 1.54) is 4.90 Å². The lowest BCUT2D eigenvalue weighted by Gasteiger charge is -2.28. The number of sulfonamides is 1. The second-order valence-electron chi connectivity index (χ2n) is 6.33. The molecule has 0 bridgehead atoms. The van der Waals surface area contributed by atoms with Crippen LogP contribution in [0.2, 0.25) is 0 Å². The minimum absolute atomic E-state index is 0.00111. The smallest absolute Gasteiger partial charge is 0.259 e. The molecule has 2 amide bonds. The summed E-state index contributed by atoms with van der Waals surface area (Å²) in [5.41, 5.74) is 5.39. The van der Waals surface area contributed by atoms with E-state index in [9.17, 15) is 22.4 Å². The predicted molar refractivity (Wildman–Crippen MR) is 90.6 cm³/mol. The maximum absolute atomic E-state index is 13.1. The molecule has 26 heavy (non-hydrogen) atoms. The van der Waals surface area contributed by atoms with E-state index >= 15 is 0 Å². The Labute approximate surface area is 151 Å². The quantitative estimate of drug-likeness (QED) is 0.685. The Morgan fingerprint density at radius 1 is 1.19 bits per heavy atom. The molecule has 2 aliphatic rings.